The van der Waals surface area contributed by atoms with Crippen LogP contribution in [0.2, 0.25) is 0 Å². The van der Waals surface area contributed by atoms with E-state index >= 15 is 0 Å². The second-order valence-electron chi connectivity index (χ2n) is 47.9. The zero-order chi connectivity index (χ0) is 99.1. The van der Waals surface area contributed by atoms with Gasteiger partial charge in [-0.2, -0.15) is 0 Å². The van der Waals surface area contributed by atoms with E-state index in [1.165, 1.54) is 19.3 Å². The number of benzene rings is 1. The summed E-state index contributed by atoms with van der Waals surface area (Å²) in [5, 5.41) is 28.0. The number of carboxylic acids is 2. The minimum Gasteiger partial charge on any atom is -0.481 e. The topological polar surface area (TPSA) is 387 Å². The summed E-state index contributed by atoms with van der Waals surface area (Å²) in [5.74, 6) is -0.154. The zero-order valence-corrected chi connectivity index (χ0v) is 85.7. The minimum atomic E-state index is -1.03. The van der Waals surface area contributed by atoms with Gasteiger partial charge in [0.1, 0.15) is 0 Å². The molecule has 12 bridgehead atoms. The Morgan fingerprint density at radius 2 is 0.636 bits per heavy atom. The number of esters is 2. The summed E-state index contributed by atoms with van der Waals surface area (Å²) in [4.78, 5) is 117. The Hall–Kier alpha value is -3.98. The summed E-state index contributed by atoms with van der Waals surface area (Å²) in [6, 6.07) is 6.74. The smallest absolute Gasteiger partial charge is 0.335 e. The number of carboxylic acid groups (broad SMARTS) is 2. The molecule has 31 rings (SSSR count). The van der Waals surface area contributed by atoms with Crippen molar-refractivity contribution < 1.29 is 169 Å². The van der Waals surface area contributed by atoms with Crippen molar-refractivity contribution in [2.75, 3.05) is 13.7 Å². The van der Waals surface area contributed by atoms with E-state index in [0.717, 1.165) is 134 Å². The molecule has 24 saturated heterocycles. The van der Waals surface area contributed by atoms with Gasteiger partial charge < -0.3 is 91.1 Å². The third kappa shape index (κ3) is 17.2. The van der Waals surface area contributed by atoms with Gasteiger partial charge in [0, 0.05) is 123 Å². The minimum absolute atomic E-state index is 0.0379. The quantitative estimate of drug-likeness (QED) is 0.137. The van der Waals surface area contributed by atoms with Crippen molar-refractivity contribution in [2.24, 2.45) is 142 Å². The number of ether oxygens (including phenoxy) is 16. The number of hydrogen-bond acceptors (Lipinski definition) is 33. The summed E-state index contributed by atoms with van der Waals surface area (Å²) >= 11 is 0. The molecule has 6 saturated carbocycles. The highest BCUT2D eigenvalue weighted by atomic mass is 17.3. The average molecular weight is 1980 g/mol. The Kier molecular flexibility index (Phi) is 28.4. The maximum Gasteiger partial charge on any atom is 0.335 e. The lowest BCUT2D eigenvalue weighted by Crippen LogP contribution is -2.70. The Balaban J connectivity index is 0.000000104. The number of carbonyl (C=O) groups excluding carboxylic acids is 2. The number of methoxy groups -OCH3 is 1. The normalized spacial score (nSPS) is 54.0. The first kappa shape index (κ1) is 103. The first-order valence-corrected chi connectivity index (χ1v) is 53.4. The summed E-state index contributed by atoms with van der Waals surface area (Å²) in [6.45, 7) is 40.7. The van der Waals surface area contributed by atoms with E-state index in [2.05, 4.69) is 62.3 Å². The fourth-order valence-corrected chi connectivity index (χ4v) is 31.4. The van der Waals surface area contributed by atoms with E-state index in [9.17, 15) is 24.3 Å². The largest absolute Gasteiger partial charge is 0.481 e. The molecule has 0 amide bonds. The monoisotopic (exact) mass is 1980 g/mol. The number of aliphatic carboxylic acids is 1. The Morgan fingerprint density at radius 3 is 0.971 bits per heavy atom. The van der Waals surface area contributed by atoms with Crippen molar-refractivity contribution >= 4 is 23.9 Å². The van der Waals surface area contributed by atoms with Gasteiger partial charge in [0.25, 0.3) is 0 Å². The van der Waals surface area contributed by atoms with Crippen LogP contribution in [0.1, 0.15) is 314 Å². The van der Waals surface area contributed by atoms with Crippen LogP contribution in [0.5, 0.6) is 0 Å². The molecule has 2 unspecified atom stereocenters. The van der Waals surface area contributed by atoms with Crippen molar-refractivity contribution in [2.45, 2.75) is 443 Å². The molecule has 30 aliphatic rings. The van der Waals surface area contributed by atoms with E-state index in [1.54, 1.807) is 31.4 Å². The standard InChI is InChI=1S/C23H30O7.C19H28O8.C17H28O5.C16H26O5.C15H24O5.C15H22O5/c1-13-4-9-18-14(2)20(26-12-15-5-7-16(8-6-15)19(24)25)27-21-23(18)17(13)10-11-22(3,28-21)29-30-23;1-10-4-5-13-11(2)16(23-15(22)7-6-14(20)21)24-17-19(13)12(10)8-9-18(3,25-17)26-27-19;1-5-18-14-11(3)13-7-6-10(2)12-8-9-16(4)20-15(19-14)17(12,13)22-21-16;1-9-5-6-12-10(2)13(17-4)18-14-16(12)11(9)7-8-15(3,19-14)20-21-16;2*1-8-4-5-11-9(2)12(16)17-13-15(11)10(8)6-7-14(3,18-13)19-20-15/h5-8,13-14,17-18,20-21H,4,9-12H2,1-3H3,(H,24,25);10-13,16-17H,4-9H2,1-3H3,(H,20,21);10-15H,5-9H2,1-4H3;9-14H,5-8H2,1-4H3;8-13,16H,4-7H2,1-3H3;8-11,13H,4-7H2,1-3H3/t13-,14-,17+,18+,20+,21-,22-,23-;10-,11-,12+,13+,16?,17-,18-,19-;10-,11-,12+,13+,14+,15-,16-,17-;9-,10-,11+,12+,13+,14-,15+,16-;8-,9-,10+,11+,12?,13-,14-,15-;8-,9-,10+,11+,13-,14+,15-/m111111/s1. The number of aromatic carboxylic acids is 1. The summed E-state index contributed by atoms with van der Waals surface area (Å²) in [5.41, 5.74) is -2.22. The molecule has 1 aromatic carbocycles. The molecule has 1 aromatic rings. The lowest BCUT2D eigenvalue weighted by atomic mass is 9.58. The number of aliphatic hydroxyl groups is 1. The first-order valence-electron chi connectivity index (χ1n) is 53.4. The summed E-state index contributed by atoms with van der Waals surface area (Å²) in [7, 11) is 1.70. The molecule has 6 aliphatic carbocycles. The van der Waals surface area contributed by atoms with Gasteiger partial charge in [-0.1, -0.05) is 95.2 Å². The molecule has 30 fully saturated rings. The SMILES string of the molecule is CCO[C@H]1O[C@@H]2O[C@@]3(C)CC[C@H]4[C@H](C)CC[C@@H]([C@H]1C)[C@@]24OO3.CO[C@H]1O[C@@H]2O[C@]3(C)CC[C@H]4[C@H](C)CC[C@@H]([C@H]1C)[C@@]24OO3.C[C@@H]1CC[C@H]2[C@@H](C)C(=O)O[C@@H]3O[C@]4(C)CC[C@@H]1[C@]32OO4.C[C@@H]1CC[C@H]2[C@@H](C)C(O)O[C@@H]3O[C@@]4(C)CC[C@@H]1[C@]32OO4.C[C@@H]1CC[C@H]2[C@@H](C)C(OC(=O)CCC(=O)O)O[C@@H]3O[C@@]4(C)CC[C@@H]1[C@]32OO4.C[C@H]1[C@@H](OCc2ccc(C(=O)O)cc2)O[C@@H]2O[C@@]3(C)CC[C@H]4[C@H](C)CC[C@@H]1[C@@]24OO3. The van der Waals surface area contributed by atoms with Crippen LogP contribution in [0.25, 0.3) is 0 Å². The van der Waals surface area contributed by atoms with Gasteiger partial charge in [0.2, 0.25) is 47.3 Å². The van der Waals surface area contributed by atoms with Gasteiger partial charge in [-0.25, -0.2) is 63.4 Å². The van der Waals surface area contributed by atoms with Crippen molar-refractivity contribution in [3.63, 3.8) is 0 Å². The average Bonchev–Trinajstić information content (AvgIpc) is 1.43. The van der Waals surface area contributed by atoms with E-state index in [4.69, 9.17) is 145 Å². The molecule has 24 aliphatic heterocycles. The highest BCUT2D eigenvalue weighted by Crippen LogP contribution is 2.69. The van der Waals surface area contributed by atoms with Gasteiger partial charge in [-0.3, -0.25) is 14.4 Å². The van der Waals surface area contributed by atoms with Crippen LogP contribution in [0.15, 0.2) is 24.3 Å². The number of fused-ring (bicyclic) bond motifs is 12. The first-order chi connectivity index (χ1) is 66.5. The van der Waals surface area contributed by atoms with Gasteiger partial charge in [0.15, 0.2) is 90.2 Å². The van der Waals surface area contributed by atoms with Crippen molar-refractivity contribution in [1.29, 1.82) is 0 Å². The molecule has 788 valence electrons. The molecule has 47 atom stereocenters. The van der Waals surface area contributed by atoms with Gasteiger partial charge >= 0.3 is 23.9 Å². The van der Waals surface area contributed by atoms with Gasteiger partial charge in [-0.05, 0) is 247 Å². The Bertz CT molecular complexity index is 4590. The van der Waals surface area contributed by atoms with Crippen LogP contribution in [-0.2, 0) is 155 Å². The van der Waals surface area contributed by atoms with E-state index < -0.39 is 137 Å². The molecule has 6 spiro atoms. The second-order valence-corrected chi connectivity index (χ2v) is 47.9. The van der Waals surface area contributed by atoms with E-state index in [0.29, 0.717) is 96.6 Å². The molecule has 35 nitrogen and oxygen atoms in total. The third-order valence-corrected chi connectivity index (χ3v) is 39.5. The fraction of sp³-hybridized carbons (Fsp3) is 0.905. The van der Waals surface area contributed by atoms with Crippen LogP contribution in [0.3, 0.4) is 0 Å². The van der Waals surface area contributed by atoms with E-state index in [1.807, 2.05) is 69.2 Å². The van der Waals surface area contributed by atoms with Crippen LogP contribution in [0, 0.1) is 142 Å². The Labute approximate surface area is 822 Å². The number of carbonyl (C=O) groups is 4. The predicted octanol–water partition coefficient (Wildman–Crippen LogP) is 17.4. The molecule has 24 heterocycles. The molecular weight excluding hydrogens is 1820 g/mol. The van der Waals surface area contributed by atoms with E-state index in [-0.39, 0.29) is 108 Å². The molecule has 35 heteroatoms. The number of hydrogen-bond donors (Lipinski definition) is 3. The van der Waals surface area contributed by atoms with Crippen molar-refractivity contribution in [1.82, 2.24) is 0 Å². The van der Waals surface area contributed by atoms with Crippen LogP contribution in [-0.4, -0.2) is 190 Å². The highest BCUT2D eigenvalue weighted by Gasteiger charge is 2.78. The Morgan fingerprint density at radius 1 is 0.343 bits per heavy atom. The fourth-order valence-electron chi connectivity index (χ4n) is 31.4. The molecule has 0 aromatic heterocycles. The van der Waals surface area contributed by atoms with Crippen LogP contribution < -0.4 is 0 Å². The molecular formula is C105H158O35. The summed E-state index contributed by atoms with van der Waals surface area (Å²) in [6.07, 6.45) is 18.0. The van der Waals surface area contributed by atoms with Crippen LogP contribution >= 0.6 is 0 Å². The predicted molar refractivity (Wildman–Crippen MR) is 484 cm³/mol. The number of aliphatic hydroxyl groups excluding tert-OH is 1. The lowest BCUT2D eigenvalue weighted by molar-refractivity contribution is -0.577. The van der Waals surface area contributed by atoms with Crippen molar-refractivity contribution in [3.05, 3.63) is 35.4 Å². The zero-order valence-electron chi connectivity index (χ0n) is 85.7. The molecule has 0 radical (unpaired) electrons. The van der Waals surface area contributed by atoms with Crippen LogP contribution in [0.4, 0.5) is 0 Å². The second kappa shape index (κ2) is 38.5. The van der Waals surface area contributed by atoms with Gasteiger partial charge in [-0.15, -0.1) is 0 Å². The highest BCUT2D eigenvalue weighted by molar-refractivity contribution is 5.87. The molecule has 140 heavy (non-hydrogen) atoms. The van der Waals surface area contributed by atoms with Gasteiger partial charge in [0.05, 0.1) is 30.9 Å². The summed E-state index contributed by atoms with van der Waals surface area (Å²) < 4.78 is 96.4. The number of rotatable bonds is 11. The van der Waals surface area contributed by atoms with Crippen molar-refractivity contribution in [3.8, 4) is 0 Å². The third-order valence-electron chi connectivity index (χ3n) is 39.5. The maximum absolute atomic E-state index is 12.1. The molecule has 3 N–H and O–H groups in total. The maximum atomic E-state index is 12.1. The lowest BCUT2D eigenvalue weighted by Gasteiger charge is -2.60.